The number of aryl methyl sites for hydroxylation is 1. The number of aliphatic imine (C=N–C) groups is 1. The molecule has 0 N–H and O–H groups in total. The van der Waals surface area contributed by atoms with E-state index in [0.717, 1.165) is 22.4 Å². The average Bonchev–Trinajstić information content (AvgIpc) is 3.10. The van der Waals surface area contributed by atoms with E-state index in [0.29, 0.717) is 28.1 Å². The lowest BCUT2D eigenvalue weighted by Crippen LogP contribution is -2.32. The molecule has 0 aliphatic carbocycles. The topological polar surface area (TPSA) is 51.1 Å². The molecule has 0 saturated carbocycles. The van der Waals surface area contributed by atoms with Crippen LogP contribution in [0.2, 0.25) is 5.02 Å². The van der Waals surface area contributed by atoms with Gasteiger partial charge in [-0.1, -0.05) is 35.4 Å². The van der Waals surface area contributed by atoms with Gasteiger partial charge in [0.05, 0.1) is 19.9 Å². The van der Waals surface area contributed by atoms with Crippen molar-refractivity contribution in [2.75, 3.05) is 19.1 Å². The summed E-state index contributed by atoms with van der Waals surface area (Å²) in [6.45, 7) is 2.01. The van der Waals surface area contributed by atoms with Crippen molar-refractivity contribution < 1.29 is 14.3 Å². The molecule has 0 radical (unpaired) electrons. The minimum absolute atomic E-state index is 0.205. The van der Waals surface area contributed by atoms with Crippen LogP contribution >= 0.6 is 11.6 Å². The first-order chi connectivity index (χ1) is 15.0. The van der Waals surface area contributed by atoms with Gasteiger partial charge in [-0.2, -0.15) is 0 Å². The van der Waals surface area contributed by atoms with E-state index in [9.17, 15) is 4.79 Å². The molecular weight excluding hydrogens is 412 g/mol. The van der Waals surface area contributed by atoms with Crippen molar-refractivity contribution in [3.63, 3.8) is 0 Å². The van der Waals surface area contributed by atoms with Crippen LogP contribution in [0.3, 0.4) is 0 Å². The van der Waals surface area contributed by atoms with Crippen LogP contribution < -0.4 is 14.4 Å². The van der Waals surface area contributed by atoms with E-state index in [1.807, 2.05) is 55.5 Å². The molecule has 0 bridgehead atoms. The summed E-state index contributed by atoms with van der Waals surface area (Å²) in [4.78, 5) is 19.7. The van der Waals surface area contributed by atoms with Gasteiger partial charge in [0.15, 0.2) is 11.5 Å². The van der Waals surface area contributed by atoms with E-state index in [4.69, 9.17) is 21.1 Å². The fourth-order valence-electron chi connectivity index (χ4n) is 3.34. The molecule has 5 nitrogen and oxygen atoms in total. The standard InChI is InChI=1S/C25H21ClN2O3/c1-16-4-11-20(12-5-16)28-24(18-7-9-19(26)10-8-18)27-21(25(28)29)14-17-6-13-22(30-2)23(15-17)31-3/h4-15H,1-3H3. The molecule has 0 unspecified atom stereocenters. The van der Waals surface area contributed by atoms with Crippen molar-refractivity contribution in [3.8, 4) is 11.5 Å². The summed E-state index contributed by atoms with van der Waals surface area (Å²) in [5.41, 5.74) is 3.78. The third kappa shape index (κ3) is 4.18. The first-order valence-corrected chi connectivity index (χ1v) is 10.1. The number of nitrogens with zero attached hydrogens (tertiary/aromatic N) is 2. The van der Waals surface area contributed by atoms with Crippen molar-refractivity contribution in [2.45, 2.75) is 6.92 Å². The molecular formula is C25H21ClN2O3. The highest BCUT2D eigenvalue weighted by Crippen LogP contribution is 2.31. The highest BCUT2D eigenvalue weighted by molar-refractivity contribution is 6.34. The number of amides is 1. The Morgan fingerprint density at radius 2 is 1.58 bits per heavy atom. The summed E-state index contributed by atoms with van der Waals surface area (Å²) in [6, 6.07) is 20.5. The van der Waals surface area contributed by atoms with Crippen LogP contribution in [-0.2, 0) is 4.79 Å². The monoisotopic (exact) mass is 432 g/mol. The molecule has 0 aromatic heterocycles. The molecule has 1 aliphatic heterocycles. The predicted molar refractivity (Wildman–Crippen MR) is 124 cm³/mol. The second kappa shape index (κ2) is 8.66. The fourth-order valence-corrected chi connectivity index (χ4v) is 3.47. The number of halogens is 1. The molecule has 4 rings (SSSR count). The van der Waals surface area contributed by atoms with Crippen LogP contribution in [0.15, 0.2) is 77.4 Å². The van der Waals surface area contributed by atoms with Crippen LogP contribution in [0, 0.1) is 6.92 Å². The quantitative estimate of drug-likeness (QED) is 0.500. The van der Waals surface area contributed by atoms with Gasteiger partial charge in [-0.15, -0.1) is 0 Å². The Bertz CT molecular complexity index is 1180. The Balaban J connectivity index is 1.80. The molecule has 156 valence electrons. The number of ether oxygens (including phenoxy) is 2. The Labute approximate surface area is 186 Å². The molecule has 0 saturated heterocycles. The maximum absolute atomic E-state index is 13.4. The minimum atomic E-state index is -0.205. The summed E-state index contributed by atoms with van der Waals surface area (Å²) in [6.07, 6.45) is 1.74. The number of anilines is 1. The highest BCUT2D eigenvalue weighted by atomic mass is 35.5. The van der Waals surface area contributed by atoms with Crippen LogP contribution in [0.4, 0.5) is 5.69 Å². The van der Waals surface area contributed by atoms with Gasteiger partial charge in [0.25, 0.3) is 5.91 Å². The SMILES string of the molecule is COc1ccc(C=C2N=C(c3ccc(Cl)cc3)N(c3ccc(C)cc3)C2=O)cc1OC. The van der Waals surface area contributed by atoms with Crippen molar-refractivity contribution >= 4 is 35.1 Å². The van der Waals surface area contributed by atoms with Gasteiger partial charge in [-0.05, 0) is 67.1 Å². The molecule has 1 aliphatic rings. The van der Waals surface area contributed by atoms with E-state index in [-0.39, 0.29) is 5.91 Å². The zero-order valence-corrected chi connectivity index (χ0v) is 18.2. The first-order valence-electron chi connectivity index (χ1n) is 9.69. The largest absolute Gasteiger partial charge is 0.493 e. The number of hydrogen-bond acceptors (Lipinski definition) is 4. The van der Waals surface area contributed by atoms with Crippen molar-refractivity contribution in [2.24, 2.45) is 4.99 Å². The number of rotatable bonds is 5. The zero-order chi connectivity index (χ0) is 22.0. The van der Waals surface area contributed by atoms with Gasteiger partial charge < -0.3 is 9.47 Å². The third-order valence-corrected chi connectivity index (χ3v) is 5.22. The molecule has 3 aromatic rings. The summed E-state index contributed by atoms with van der Waals surface area (Å²) in [7, 11) is 3.16. The van der Waals surface area contributed by atoms with E-state index in [1.54, 1.807) is 43.4 Å². The fraction of sp³-hybridized carbons (Fsp3) is 0.120. The second-order valence-corrected chi connectivity index (χ2v) is 7.50. The lowest BCUT2D eigenvalue weighted by atomic mass is 10.1. The first kappa shape index (κ1) is 20.7. The van der Waals surface area contributed by atoms with Gasteiger partial charge in [-0.25, -0.2) is 4.99 Å². The molecule has 1 heterocycles. The van der Waals surface area contributed by atoms with Gasteiger partial charge in [0, 0.05) is 10.6 Å². The average molecular weight is 433 g/mol. The number of carbonyl (C=O) groups is 1. The lowest BCUT2D eigenvalue weighted by molar-refractivity contribution is -0.113. The molecule has 1 amide bonds. The Morgan fingerprint density at radius 3 is 2.23 bits per heavy atom. The van der Waals surface area contributed by atoms with Gasteiger partial charge >= 0.3 is 0 Å². The van der Waals surface area contributed by atoms with Crippen LogP contribution in [0.25, 0.3) is 6.08 Å². The Kier molecular flexibility index (Phi) is 5.78. The minimum Gasteiger partial charge on any atom is -0.493 e. The second-order valence-electron chi connectivity index (χ2n) is 7.06. The summed E-state index contributed by atoms with van der Waals surface area (Å²) in [5, 5.41) is 0.622. The number of benzene rings is 3. The Morgan fingerprint density at radius 1 is 0.903 bits per heavy atom. The molecule has 0 spiro atoms. The normalized spacial score (nSPS) is 14.7. The molecule has 31 heavy (non-hydrogen) atoms. The lowest BCUT2D eigenvalue weighted by Gasteiger charge is -2.18. The number of amidine groups is 1. The summed E-state index contributed by atoms with van der Waals surface area (Å²) < 4.78 is 10.7. The molecule has 0 fully saturated rings. The molecule has 0 atom stereocenters. The van der Waals surface area contributed by atoms with Crippen molar-refractivity contribution in [1.82, 2.24) is 0 Å². The van der Waals surface area contributed by atoms with E-state index in [2.05, 4.69) is 4.99 Å². The van der Waals surface area contributed by atoms with E-state index < -0.39 is 0 Å². The number of hydrogen-bond donors (Lipinski definition) is 0. The zero-order valence-electron chi connectivity index (χ0n) is 17.4. The van der Waals surface area contributed by atoms with Gasteiger partial charge in [0.2, 0.25) is 0 Å². The maximum Gasteiger partial charge on any atom is 0.282 e. The van der Waals surface area contributed by atoms with Crippen LogP contribution in [-0.4, -0.2) is 26.0 Å². The van der Waals surface area contributed by atoms with Gasteiger partial charge in [0.1, 0.15) is 11.5 Å². The predicted octanol–water partition coefficient (Wildman–Crippen LogP) is 5.50. The summed E-state index contributed by atoms with van der Waals surface area (Å²) in [5.74, 6) is 1.55. The van der Waals surface area contributed by atoms with Crippen LogP contribution in [0.5, 0.6) is 11.5 Å². The van der Waals surface area contributed by atoms with Crippen molar-refractivity contribution in [1.29, 1.82) is 0 Å². The van der Waals surface area contributed by atoms with Crippen molar-refractivity contribution in [3.05, 3.63) is 94.1 Å². The third-order valence-electron chi connectivity index (χ3n) is 4.97. The Hall–Kier alpha value is -3.57. The van der Waals surface area contributed by atoms with Crippen LogP contribution in [0.1, 0.15) is 16.7 Å². The molecule has 3 aromatic carbocycles. The van der Waals surface area contributed by atoms with E-state index in [1.165, 1.54) is 0 Å². The summed E-state index contributed by atoms with van der Waals surface area (Å²) >= 11 is 6.05. The smallest absolute Gasteiger partial charge is 0.282 e. The molecule has 6 heteroatoms. The van der Waals surface area contributed by atoms with Gasteiger partial charge in [-0.3, -0.25) is 9.69 Å². The number of methoxy groups -OCH3 is 2. The maximum atomic E-state index is 13.4. The number of carbonyl (C=O) groups excluding carboxylic acids is 1. The highest BCUT2D eigenvalue weighted by Gasteiger charge is 2.32. The van der Waals surface area contributed by atoms with E-state index >= 15 is 0 Å².